The predicted octanol–water partition coefficient (Wildman–Crippen LogP) is 3.12. The normalized spacial score (nSPS) is 9.08. The van der Waals surface area contributed by atoms with Crippen LogP contribution in [0.4, 0.5) is 16.2 Å². The number of hydrogen-bond acceptors (Lipinski definition) is 3. The van der Waals surface area contributed by atoms with Crippen LogP contribution in [0.1, 0.15) is 0 Å². The van der Waals surface area contributed by atoms with Crippen LogP contribution in [-0.4, -0.2) is 5.37 Å². The average molecular weight is 184 g/mol. The maximum absolute atomic E-state index is 10.4. The number of rotatable bonds is 2. The maximum Gasteiger partial charge on any atom is 0.318 e. The van der Waals surface area contributed by atoms with E-state index >= 15 is 0 Å². The highest BCUT2D eigenvalue weighted by molar-refractivity contribution is 6.65. The Bertz CT molecular complexity index is 313. The van der Waals surface area contributed by atoms with E-state index in [0.29, 0.717) is 11.4 Å². The second kappa shape index (κ2) is 3.82. The molecule has 0 bridgehead atoms. The van der Waals surface area contributed by atoms with Crippen molar-refractivity contribution in [2.75, 3.05) is 5.32 Å². The number of para-hydroxylation sites is 2. The Morgan fingerprint density at radius 3 is 2.75 bits per heavy atom. The minimum absolute atomic E-state index is 0.381. The van der Waals surface area contributed by atoms with E-state index in [-0.39, 0.29) is 0 Å². The van der Waals surface area contributed by atoms with Crippen LogP contribution in [0.25, 0.3) is 0 Å². The fourth-order valence-electron chi connectivity index (χ4n) is 0.783. The van der Waals surface area contributed by atoms with Crippen molar-refractivity contribution in [1.82, 2.24) is 0 Å². The number of carbonyl (C=O) groups excluding carboxylic acids is 1. The highest BCUT2D eigenvalue weighted by atomic mass is 35.5. The fraction of sp³-hybridized carbons (Fsp3) is 0. The molecular formula is C7H6ClN3O. The standard InChI is InChI=1S/C7H6ClN3O/c8-7(12)10-5-3-1-2-4-6(5)11-9/h1-4,9H,(H,10,12). The number of nitrogens with one attached hydrogen (secondary N) is 2. The van der Waals surface area contributed by atoms with Crippen LogP contribution >= 0.6 is 11.6 Å². The van der Waals surface area contributed by atoms with Gasteiger partial charge in [0.05, 0.1) is 5.69 Å². The third-order valence-corrected chi connectivity index (χ3v) is 1.35. The lowest BCUT2D eigenvalue weighted by molar-refractivity contribution is 0.269. The molecule has 0 unspecified atom stereocenters. The zero-order chi connectivity index (χ0) is 8.97. The molecule has 12 heavy (non-hydrogen) atoms. The van der Waals surface area contributed by atoms with Crippen LogP contribution in [0.15, 0.2) is 29.4 Å². The topological polar surface area (TPSA) is 65.3 Å². The van der Waals surface area contributed by atoms with Gasteiger partial charge < -0.3 is 5.32 Å². The van der Waals surface area contributed by atoms with E-state index in [2.05, 4.69) is 10.4 Å². The zero-order valence-electron chi connectivity index (χ0n) is 6.04. The molecule has 4 nitrogen and oxygen atoms in total. The van der Waals surface area contributed by atoms with Crippen molar-refractivity contribution in [3.8, 4) is 0 Å². The van der Waals surface area contributed by atoms with Gasteiger partial charge in [-0.2, -0.15) is 5.11 Å². The molecule has 0 saturated heterocycles. The van der Waals surface area contributed by atoms with Crippen LogP contribution in [0, 0.1) is 5.53 Å². The van der Waals surface area contributed by atoms with Gasteiger partial charge in [0.25, 0.3) is 0 Å². The van der Waals surface area contributed by atoms with E-state index in [4.69, 9.17) is 17.1 Å². The van der Waals surface area contributed by atoms with E-state index in [1.807, 2.05) is 0 Å². The molecular weight excluding hydrogens is 178 g/mol. The van der Waals surface area contributed by atoms with Crippen molar-refractivity contribution in [2.45, 2.75) is 0 Å². The van der Waals surface area contributed by atoms with Crippen molar-refractivity contribution in [3.05, 3.63) is 24.3 Å². The molecule has 0 fully saturated rings. The summed E-state index contributed by atoms with van der Waals surface area (Å²) in [6.45, 7) is 0. The summed E-state index contributed by atoms with van der Waals surface area (Å²) in [4.78, 5) is 10.4. The van der Waals surface area contributed by atoms with Crippen molar-refractivity contribution in [2.24, 2.45) is 5.11 Å². The lowest BCUT2D eigenvalue weighted by atomic mass is 10.3. The lowest BCUT2D eigenvalue weighted by Crippen LogP contribution is -2.00. The summed E-state index contributed by atoms with van der Waals surface area (Å²) >= 11 is 5.09. The number of benzene rings is 1. The van der Waals surface area contributed by atoms with Crippen LogP contribution in [0.3, 0.4) is 0 Å². The van der Waals surface area contributed by atoms with Crippen molar-refractivity contribution >= 4 is 28.3 Å². The van der Waals surface area contributed by atoms with Gasteiger partial charge in [-0.05, 0) is 23.7 Å². The third kappa shape index (κ3) is 2.03. The van der Waals surface area contributed by atoms with E-state index in [1.54, 1.807) is 24.3 Å². The Labute approximate surface area is 74.0 Å². The Kier molecular flexibility index (Phi) is 2.76. The second-order valence-electron chi connectivity index (χ2n) is 2.03. The molecule has 0 aromatic heterocycles. The summed E-state index contributed by atoms with van der Waals surface area (Å²) in [5.74, 6) is 0. The molecule has 0 saturated carbocycles. The number of nitrogens with zero attached hydrogens (tertiary/aromatic N) is 1. The number of anilines is 1. The smallest absolute Gasteiger partial charge is 0.310 e. The Morgan fingerprint density at radius 1 is 1.50 bits per heavy atom. The first kappa shape index (κ1) is 8.67. The van der Waals surface area contributed by atoms with Gasteiger partial charge in [0.2, 0.25) is 0 Å². The van der Waals surface area contributed by atoms with Crippen molar-refractivity contribution < 1.29 is 4.79 Å². The Balaban J connectivity index is 2.96. The lowest BCUT2D eigenvalue weighted by Gasteiger charge is -2.01. The van der Waals surface area contributed by atoms with Gasteiger partial charge in [0.1, 0.15) is 5.69 Å². The number of amides is 1. The molecule has 1 aromatic carbocycles. The van der Waals surface area contributed by atoms with Gasteiger partial charge in [0.15, 0.2) is 0 Å². The van der Waals surface area contributed by atoms with E-state index < -0.39 is 5.37 Å². The molecule has 5 heteroatoms. The first-order valence-corrected chi connectivity index (χ1v) is 3.55. The molecule has 2 N–H and O–H groups in total. The summed E-state index contributed by atoms with van der Waals surface area (Å²) in [6, 6.07) is 6.66. The van der Waals surface area contributed by atoms with Gasteiger partial charge in [-0.3, -0.25) is 4.79 Å². The summed E-state index contributed by atoms with van der Waals surface area (Å²) in [6.07, 6.45) is 0. The molecule has 1 rings (SSSR count). The van der Waals surface area contributed by atoms with E-state index in [1.165, 1.54) is 0 Å². The summed E-state index contributed by atoms with van der Waals surface area (Å²) < 4.78 is 0. The molecule has 1 aromatic rings. The fourth-order valence-corrected chi connectivity index (χ4v) is 0.885. The maximum atomic E-state index is 10.4. The summed E-state index contributed by atoms with van der Waals surface area (Å²) in [5.41, 5.74) is 7.58. The predicted molar refractivity (Wildman–Crippen MR) is 46.1 cm³/mol. The number of halogens is 1. The largest absolute Gasteiger partial charge is 0.318 e. The highest BCUT2D eigenvalue weighted by Gasteiger charge is 2.01. The van der Waals surface area contributed by atoms with Gasteiger partial charge in [-0.1, -0.05) is 12.1 Å². The molecule has 0 spiro atoms. The first-order valence-electron chi connectivity index (χ1n) is 3.17. The van der Waals surface area contributed by atoms with Crippen molar-refractivity contribution in [1.29, 1.82) is 5.53 Å². The van der Waals surface area contributed by atoms with Crippen molar-refractivity contribution in [3.63, 3.8) is 0 Å². The average Bonchev–Trinajstić information content (AvgIpc) is 2.04. The molecule has 0 heterocycles. The van der Waals surface area contributed by atoms with Gasteiger partial charge in [0, 0.05) is 0 Å². The van der Waals surface area contributed by atoms with Crippen LogP contribution in [0.2, 0.25) is 0 Å². The summed E-state index contributed by atoms with van der Waals surface area (Å²) in [7, 11) is 0. The monoisotopic (exact) mass is 183 g/mol. The Hall–Kier alpha value is -1.42. The van der Waals surface area contributed by atoms with E-state index in [0.717, 1.165) is 0 Å². The molecule has 0 atom stereocenters. The number of carbonyl (C=O) groups is 1. The minimum Gasteiger partial charge on any atom is -0.310 e. The SMILES string of the molecule is N=Nc1ccccc1NC(=O)Cl. The minimum atomic E-state index is -0.689. The molecule has 0 aliphatic rings. The number of hydrogen-bond donors (Lipinski definition) is 2. The second-order valence-corrected chi connectivity index (χ2v) is 2.37. The third-order valence-electron chi connectivity index (χ3n) is 1.26. The van der Waals surface area contributed by atoms with Gasteiger partial charge in [-0.25, -0.2) is 5.53 Å². The Morgan fingerprint density at radius 2 is 2.17 bits per heavy atom. The molecule has 0 aliphatic heterocycles. The van der Waals surface area contributed by atoms with E-state index in [9.17, 15) is 4.79 Å². The van der Waals surface area contributed by atoms with Gasteiger partial charge >= 0.3 is 5.37 Å². The van der Waals surface area contributed by atoms with Crippen LogP contribution in [-0.2, 0) is 0 Å². The molecule has 0 aliphatic carbocycles. The zero-order valence-corrected chi connectivity index (χ0v) is 6.80. The molecule has 1 amide bonds. The quantitative estimate of drug-likeness (QED) is 0.413. The molecule has 62 valence electrons. The van der Waals surface area contributed by atoms with Gasteiger partial charge in [-0.15, -0.1) is 0 Å². The van der Waals surface area contributed by atoms with Crippen LogP contribution < -0.4 is 5.32 Å². The highest BCUT2D eigenvalue weighted by Crippen LogP contribution is 2.23. The first-order chi connectivity index (χ1) is 5.74. The molecule has 0 radical (unpaired) electrons. The van der Waals surface area contributed by atoms with Crippen LogP contribution in [0.5, 0.6) is 0 Å². The summed E-state index contributed by atoms with van der Waals surface area (Å²) in [5, 5.41) is 4.85.